The molecule has 3 unspecified atom stereocenters. The van der Waals surface area contributed by atoms with Gasteiger partial charge in [-0.05, 0) is 25.8 Å². The first-order valence-electron chi connectivity index (χ1n) is 9.38. The maximum absolute atomic E-state index is 10.5. The number of guanidine groups is 1. The number of aliphatic imine (C=N–C) groups is 1. The van der Waals surface area contributed by atoms with E-state index in [1.165, 1.54) is 0 Å². The van der Waals surface area contributed by atoms with Crippen molar-refractivity contribution in [3.05, 3.63) is 34.9 Å². The Morgan fingerprint density at radius 1 is 1.33 bits per heavy atom. The highest BCUT2D eigenvalue weighted by atomic mass is 127. The van der Waals surface area contributed by atoms with Crippen LogP contribution < -0.4 is 5.32 Å². The fraction of sp³-hybridized carbons (Fsp3) is 0.632. The molecule has 1 aromatic rings. The highest BCUT2D eigenvalue weighted by Gasteiger charge is 2.32. The molecule has 0 amide bonds. The Labute approximate surface area is 183 Å². The van der Waals surface area contributed by atoms with E-state index in [4.69, 9.17) is 21.1 Å². The van der Waals surface area contributed by atoms with Gasteiger partial charge in [-0.2, -0.15) is 0 Å². The van der Waals surface area contributed by atoms with Gasteiger partial charge in [-0.3, -0.25) is 4.99 Å². The minimum atomic E-state index is -0.729. The van der Waals surface area contributed by atoms with E-state index in [1.54, 1.807) is 6.07 Å². The number of rotatable bonds is 5. The molecule has 3 rings (SSSR count). The summed E-state index contributed by atoms with van der Waals surface area (Å²) in [7, 11) is 0. The molecule has 2 aliphatic heterocycles. The maximum atomic E-state index is 10.5. The fourth-order valence-electron chi connectivity index (χ4n) is 3.43. The van der Waals surface area contributed by atoms with Crippen molar-refractivity contribution in [3.8, 4) is 0 Å². The van der Waals surface area contributed by atoms with Gasteiger partial charge in [0.05, 0.1) is 19.3 Å². The van der Waals surface area contributed by atoms with E-state index in [1.807, 2.05) is 25.1 Å². The molecule has 6 nitrogen and oxygen atoms in total. The number of hydrogen-bond donors (Lipinski definition) is 2. The Hall–Kier alpha value is -0.610. The lowest BCUT2D eigenvalue weighted by Gasteiger charge is -2.37. The Bertz CT molecular complexity index is 614. The monoisotopic (exact) mass is 509 g/mol. The second-order valence-electron chi connectivity index (χ2n) is 6.64. The standard InChI is InChI=1S/C19H28ClN3O3.HI/c1-2-21-19(22-12-16(24)14-6-3-4-7-15(14)20)23-9-11-26-18(13-23)17-8-5-10-25-17;/h3-4,6-7,16-18,24H,2,5,8-13H2,1H3,(H,21,22);1H. The third kappa shape index (κ3) is 6.19. The number of benzene rings is 1. The highest BCUT2D eigenvalue weighted by Crippen LogP contribution is 2.23. The van der Waals surface area contributed by atoms with Crippen LogP contribution in [0.15, 0.2) is 29.3 Å². The second kappa shape index (κ2) is 11.4. The lowest BCUT2D eigenvalue weighted by Crippen LogP contribution is -2.53. The first kappa shape index (κ1) is 22.7. The largest absolute Gasteiger partial charge is 0.386 e. The Morgan fingerprint density at radius 3 is 2.81 bits per heavy atom. The first-order chi connectivity index (χ1) is 12.7. The van der Waals surface area contributed by atoms with Crippen molar-refractivity contribution < 1.29 is 14.6 Å². The summed E-state index contributed by atoms with van der Waals surface area (Å²) in [5.41, 5.74) is 0.702. The van der Waals surface area contributed by atoms with E-state index < -0.39 is 6.10 Å². The van der Waals surface area contributed by atoms with Crippen LogP contribution in [0.4, 0.5) is 0 Å². The molecule has 0 bridgehead atoms. The topological polar surface area (TPSA) is 66.3 Å². The molecule has 0 saturated carbocycles. The molecule has 8 heteroatoms. The van der Waals surface area contributed by atoms with E-state index in [0.29, 0.717) is 17.2 Å². The molecule has 0 radical (unpaired) electrons. The van der Waals surface area contributed by atoms with Crippen LogP contribution in [0.5, 0.6) is 0 Å². The summed E-state index contributed by atoms with van der Waals surface area (Å²) >= 11 is 6.17. The van der Waals surface area contributed by atoms with Crippen LogP contribution in [-0.2, 0) is 9.47 Å². The number of nitrogens with one attached hydrogen (secondary N) is 1. The maximum Gasteiger partial charge on any atom is 0.194 e. The van der Waals surface area contributed by atoms with Crippen LogP contribution in [0.25, 0.3) is 0 Å². The SMILES string of the molecule is CCNC(=NCC(O)c1ccccc1Cl)N1CCOC(C2CCCO2)C1.I. The zero-order valence-electron chi connectivity index (χ0n) is 15.6. The summed E-state index contributed by atoms with van der Waals surface area (Å²) in [6.45, 7) is 6.07. The molecule has 2 N–H and O–H groups in total. The van der Waals surface area contributed by atoms with Crippen LogP contribution in [-0.4, -0.2) is 67.6 Å². The number of halogens is 2. The summed E-state index contributed by atoms with van der Waals surface area (Å²) in [5.74, 6) is 0.796. The molecular weight excluding hydrogens is 481 g/mol. The number of ether oxygens (including phenoxy) is 2. The minimum Gasteiger partial charge on any atom is -0.386 e. The normalized spacial score (nSPS) is 24.4. The Balaban J connectivity index is 0.00000261. The van der Waals surface area contributed by atoms with Crippen molar-refractivity contribution in [1.82, 2.24) is 10.2 Å². The van der Waals surface area contributed by atoms with Crippen molar-refractivity contribution in [1.29, 1.82) is 0 Å². The summed E-state index contributed by atoms with van der Waals surface area (Å²) in [6, 6.07) is 7.33. The summed E-state index contributed by atoms with van der Waals surface area (Å²) in [4.78, 5) is 6.84. The predicted octanol–water partition coefficient (Wildman–Crippen LogP) is 2.84. The predicted molar refractivity (Wildman–Crippen MR) is 118 cm³/mol. The molecule has 2 saturated heterocycles. The Morgan fingerprint density at radius 2 is 2.11 bits per heavy atom. The minimum absolute atomic E-state index is 0. The van der Waals surface area contributed by atoms with E-state index in [-0.39, 0.29) is 42.7 Å². The van der Waals surface area contributed by atoms with Crippen LogP contribution in [0, 0.1) is 0 Å². The van der Waals surface area contributed by atoms with Gasteiger partial charge in [0.15, 0.2) is 5.96 Å². The van der Waals surface area contributed by atoms with Crippen molar-refractivity contribution in [2.24, 2.45) is 4.99 Å². The number of aliphatic hydroxyl groups is 1. The third-order valence-electron chi connectivity index (χ3n) is 4.79. The van der Waals surface area contributed by atoms with Crippen LogP contribution >= 0.6 is 35.6 Å². The number of nitrogens with zero attached hydrogens (tertiary/aromatic N) is 2. The quantitative estimate of drug-likeness (QED) is 0.363. The van der Waals surface area contributed by atoms with Gasteiger partial charge in [-0.15, -0.1) is 24.0 Å². The van der Waals surface area contributed by atoms with Crippen LogP contribution in [0.1, 0.15) is 31.4 Å². The second-order valence-corrected chi connectivity index (χ2v) is 7.05. The smallest absolute Gasteiger partial charge is 0.194 e. The van der Waals surface area contributed by atoms with Crippen molar-refractivity contribution in [3.63, 3.8) is 0 Å². The molecule has 1 aromatic carbocycles. The van der Waals surface area contributed by atoms with Gasteiger partial charge in [0.2, 0.25) is 0 Å². The van der Waals surface area contributed by atoms with Gasteiger partial charge in [0.1, 0.15) is 12.2 Å². The molecule has 2 aliphatic rings. The van der Waals surface area contributed by atoms with Gasteiger partial charge in [0, 0.05) is 36.8 Å². The van der Waals surface area contributed by atoms with Gasteiger partial charge in [-0.1, -0.05) is 29.8 Å². The zero-order valence-corrected chi connectivity index (χ0v) is 18.7. The lowest BCUT2D eigenvalue weighted by atomic mass is 10.1. The van der Waals surface area contributed by atoms with E-state index >= 15 is 0 Å². The average Bonchev–Trinajstić information content (AvgIpc) is 3.20. The van der Waals surface area contributed by atoms with Crippen molar-refractivity contribution in [2.45, 2.75) is 38.1 Å². The highest BCUT2D eigenvalue weighted by molar-refractivity contribution is 14.0. The molecule has 0 aliphatic carbocycles. The lowest BCUT2D eigenvalue weighted by molar-refractivity contribution is -0.0817. The summed E-state index contributed by atoms with van der Waals surface area (Å²) in [6.07, 6.45) is 1.67. The van der Waals surface area contributed by atoms with Crippen molar-refractivity contribution >= 4 is 41.5 Å². The number of aliphatic hydroxyl groups excluding tert-OH is 1. The van der Waals surface area contributed by atoms with Gasteiger partial charge in [0.25, 0.3) is 0 Å². The molecule has 0 spiro atoms. The van der Waals surface area contributed by atoms with Crippen LogP contribution in [0.2, 0.25) is 5.02 Å². The molecule has 2 heterocycles. The zero-order chi connectivity index (χ0) is 18.4. The van der Waals surface area contributed by atoms with Gasteiger partial charge < -0.3 is 24.8 Å². The fourth-order valence-corrected chi connectivity index (χ4v) is 3.69. The number of hydrogen-bond acceptors (Lipinski definition) is 4. The molecular formula is C19H29ClIN3O3. The molecule has 152 valence electrons. The molecule has 0 aromatic heterocycles. The molecule has 2 fully saturated rings. The van der Waals surface area contributed by atoms with E-state index in [9.17, 15) is 5.11 Å². The molecule has 3 atom stereocenters. The molecule has 27 heavy (non-hydrogen) atoms. The summed E-state index contributed by atoms with van der Waals surface area (Å²) in [5, 5.41) is 14.3. The Kier molecular flexibility index (Phi) is 9.58. The number of morpholine rings is 1. The van der Waals surface area contributed by atoms with Crippen molar-refractivity contribution in [2.75, 3.05) is 39.4 Å². The van der Waals surface area contributed by atoms with E-state index in [2.05, 4.69) is 15.2 Å². The van der Waals surface area contributed by atoms with Gasteiger partial charge in [-0.25, -0.2) is 0 Å². The average molecular weight is 510 g/mol. The first-order valence-corrected chi connectivity index (χ1v) is 9.75. The van der Waals surface area contributed by atoms with Crippen LogP contribution in [0.3, 0.4) is 0 Å². The third-order valence-corrected chi connectivity index (χ3v) is 5.13. The summed E-state index contributed by atoms with van der Waals surface area (Å²) < 4.78 is 11.7. The van der Waals surface area contributed by atoms with E-state index in [0.717, 1.165) is 45.0 Å². The van der Waals surface area contributed by atoms with Gasteiger partial charge >= 0.3 is 0 Å².